The fourth-order valence-corrected chi connectivity index (χ4v) is 2.25. The highest BCUT2D eigenvalue weighted by atomic mass is 19.1. The molecular weight excluding hydrogens is 309 g/mol. The van der Waals surface area contributed by atoms with E-state index >= 15 is 0 Å². The molecule has 0 spiro atoms. The zero-order valence-electron chi connectivity index (χ0n) is 14.6. The van der Waals surface area contributed by atoms with Gasteiger partial charge in [0, 0.05) is 33.4 Å². The Kier molecular flexibility index (Phi) is 7.82. The number of benzene rings is 1. The number of hydrogen-bond donors (Lipinski definition) is 2. The highest BCUT2D eigenvalue weighted by Crippen LogP contribution is 2.28. The standard InChI is InChI=1S/C18H28FN3O2/c1-3-24-17-8-7-15(11-16(17)19)12-22-18(20-2)21-9-4-10-23-13-14-5-6-14/h7-8,11,14H,3-6,9-10,12-13H2,1-2H3,(H2,20,21,22). The predicted octanol–water partition coefficient (Wildman–Crippen LogP) is 2.71. The third kappa shape index (κ3) is 6.74. The lowest BCUT2D eigenvalue weighted by molar-refractivity contribution is 0.123. The first-order chi connectivity index (χ1) is 11.7. The van der Waals surface area contributed by atoms with Gasteiger partial charge in [-0.1, -0.05) is 6.07 Å². The van der Waals surface area contributed by atoms with Crippen LogP contribution in [0.15, 0.2) is 23.2 Å². The van der Waals surface area contributed by atoms with Gasteiger partial charge >= 0.3 is 0 Å². The summed E-state index contributed by atoms with van der Waals surface area (Å²) in [5.41, 5.74) is 0.840. The van der Waals surface area contributed by atoms with Crippen LogP contribution in [0.5, 0.6) is 5.75 Å². The molecule has 0 saturated heterocycles. The predicted molar refractivity (Wildman–Crippen MR) is 93.9 cm³/mol. The normalized spacial score (nSPS) is 14.5. The number of rotatable bonds is 10. The van der Waals surface area contributed by atoms with Gasteiger partial charge in [-0.05, 0) is 49.8 Å². The van der Waals surface area contributed by atoms with Crippen molar-refractivity contribution in [2.75, 3.05) is 33.4 Å². The second-order valence-electron chi connectivity index (χ2n) is 5.92. The Bertz CT molecular complexity index is 533. The average molecular weight is 337 g/mol. The van der Waals surface area contributed by atoms with Crippen LogP contribution >= 0.6 is 0 Å². The van der Waals surface area contributed by atoms with Gasteiger partial charge in [-0.25, -0.2) is 4.39 Å². The molecule has 0 radical (unpaired) electrons. The number of ether oxygens (including phenoxy) is 2. The molecule has 1 aliphatic carbocycles. The second kappa shape index (κ2) is 10.1. The van der Waals surface area contributed by atoms with Gasteiger partial charge in [-0.3, -0.25) is 4.99 Å². The quantitative estimate of drug-likeness (QED) is 0.392. The molecule has 1 aliphatic rings. The molecule has 0 aromatic heterocycles. The van der Waals surface area contributed by atoms with Crippen molar-refractivity contribution >= 4 is 5.96 Å². The lowest BCUT2D eigenvalue weighted by Crippen LogP contribution is -2.37. The van der Waals surface area contributed by atoms with E-state index in [4.69, 9.17) is 9.47 Å². The van der Waals surface area contributed by atoms with E-state index in [2.05, 4.69) is 15.6 Å². The topological polar surface area (TPSA) is 54.9 Å². The summed E-state index contributed by atoms with van der Waals surface area (Å²) in [5.74, 6) is 1.45. The van der Waals surface area contributed by atoms with Crippen LogP contribution in [0, 0.1) is 11.7 Å². The first-order valence-electron chi connectivity index (χ1n) is 8.66. The van der Waals surface area contributed by atoms with E-state index in [0.717, 1.165) is 37.7 Å². The molecule has 24 heavy (non-hydrogen) atoms. The number of nitrogens with zero attached hydrogens (tertiary/aromatic N) is 1. The van der Waals surface area contributed by atoms with E-state index in [-0.39, 0.29) is 11.6 Å². The van der Waals surface area contributed by atoms with E-state index in [1.54, 1.807) is 13.1 Å². The van der Waals surface area contributed by atoms with Crippen molar-refractivity contribution in [3.8, 4) is 5.75 Å². The van der Waals surface area contributed by atoms with Crippen LogP contribution in [0.1, 0.15) is 31.7 Å². The molecule has 0 aliphatic heterocycles. The van der Waals surface area contributed by atoms with Gasteiger partial charge in [-0.2, -0.15) is 0 Å². The number of guanidine groups is 1. The monoisotopic (exact) mass is 337 g/mol. The van der Waals surface area contributed by atoms with Crippen molar-refractivity contribution in [2.24, 2.45) is 10.9 Å². The van der Waals surface area contributed by atoms with Gasteiger partial charge in [0.15, 0.2) is 17.5 Å². The zero-order valence-corrected chi connectivity index (χ0v) is 14.6. The zero-order chi connectivity index (χ0) is 17.2. The fourth-order valence-electron chi connectivity index (χ4n) is 2.25. The second-order valence-corrected chi connectivity index (χ2v) is 5.92. The van der Waals surface area contributed by atoms with Crippen LogP contribution in [0.3, 0.4) is 0 Å². The minimum atomic E-state index is -0.341. The fraction of sp³-hybridized carbons (Fsp3) is 0.611. The highest BCUT2D eigenvalue weighted by molar-refractivity contribution is 5.79. The van der Waals surface area contributed by atoms with Crippen LogP contribution < -0.4 is 15.4 Å². The smallest absolute Gasteiger partial charge is 0.191 e. The van der Waals surface area contributed by atoms with Crippen molar-refractivity contribution in [3.05, 3.63) is 29.6 Å². The summed E-state index contributed by atoms with van der Waals surface area (Å²) in [6.07, 6.45) is 3.58. The molecule has 1 fully saturated rings. The summed E-state index contributed by atoms with van der Waals surface area (Å²) in [6, 6.07) is 4.99. The molecule has 1 aromatic carbocycles. The number of hydrogen-bond acceptors (Lipinski definition) is 3. The van der Waals surface area contributed by atoms with Crippen molar-refractivity contribution < 1.29 is 13.9 Å². The van der Waals surface area contributed by atoms with Gasteiger partial charge in [0.05, 0.1) is 6.61 Å². The van der Waals surface area contributed by atoms with E-state index < -0.39 is 0 Å². The lowest BCUT2D eigenvalue weighted by atomic mass is 10.2. The SMILES string of the molecule is CCOc1ccc(CNC(=NC)NCCCOCC2CC2)cc1F. The minimum absolute atomic E-state index is 0.287. The van der Waals surface area contributed by atoms with Crippen LogP contribution in [0.25, 0.3) is 0 Å². The molecule has 134 valence electrons. The van der Waals surface area contributed by atoms with Crippen molar-refractivity contribution in [1.82, 2.24) is 10.6 Å². The Hall–Kier alpha value is -1.82. The number of aliphatic imine (C=N–C) groups is 1. The molecule has 0 amide bonds. The summed E-state index contributed by atoms with van der Waals surface area (Å²) in [4.78, 5) is 4.16. The van der Waals surface area contributed by atoms with Crippen molar-refractivity contribution in [1.29, 1.82) is 0 Å². The molecule has 0 unspecified atom stereocenters. The Morgan fingerprint density at radius 2 is 2.17 bits per heavy atom. The highest BCUT2D eigenvalue weighted by Gasteiger charge is 2.20. The molecule has 0 bridgehead atoms. The van der Waals surface area contributed by atoms with Crippen molar-refractivity contribution in [3.63, 3.8) is 0 Å². The third-order valence-corrected chi connectivity index (χ3v) is 3.79. The number of nitrogens with one attached hydrogen (secondary N) is 2. The van der Waals surface area contributed by atoms with Gasteiger partial charge in [0.25, 0.3) is 0 Å². The average Bonchev–Trinajstić information content (AvgIpc) is 3.40. The maximum atomic E-state index is 13.8. The van der Waals surface area contributed by atoms with Gasteiger partial charge in [-0.15, -0.1) is 0 Å². The van der Waals surface area contributed by atoms with Crippen LogP contribution in [-0.2, 0) is 11.3 Å². The molecule has 5 nitrogen and oxygen atoms in total. The van der Waals surface area contributed by atoms with Gasteiger partial charge < -0.3 is 20.1 Å². The lowest BCUT2D eigenvalue weighted by Gasteiger charge is -2.13. The first kappa shape index (κ1) is 18.5. The summed E-state index contributed by atoms with van der Waals surface area (Å²) in [5, 5.41) is 6.40. The molecule has 6 heteroatoms. The molecule has 0 atom stereocenters. The summed E-state index contributed by atoms with van der Waals surface area (Å²) in [6.45, 7) is 5.25. The van der Waals surface area contributed by atoms with Gasteiger partial charge in [0.2, 0.25) is 0 Å². The first-order valence-corrected chi connectivity index (χ1v) is 8.66. The minimum Gasteiger partial charge on any atom is -0.491 e. The van der Waals surface area contributed by atoms with Crippen molar-refractivity contribution in [2.45, 2.75) is 32.7 Å². The molecule has 1 saturated carbocycles. The van der Waals surface area contributed by atoms with Gasteiger partial charge in [0.1, 0.15) is 0 Å². The number of halogens is 1. The summed E-state index contributed by atoms with van der Waals surface area (Å²) in [7, 11) is 1.72. The van der Waals surface area contributed by atoms with E-state index in [1.165, 1.54) is 18.9 Å². The van der Waals surface area contributed by atoms with E-state index in [1.807, 2.05) is 13.0 Å². The van der Waals surface area contributed by atoms with E-state index in [0.29, 0.717) is 19.1 Å². The molecular formula is C18H28FN3O2. The Balaban J connectivity index is 1.64. The molecule has 0 heterocycles. The maximum absolute atomic E-state index is 13.8. The summed E-state index contributed by atoms with van der Waals surface area (Å²) >= 11 is 0. The van der Waals surface area contributed by atoms with E-state index in [9.17, 15) is 4.39 Å². The van der Waals surface area contributed by atoms with Crippen LogP contribution in [0.2, 0.25) is 0 Å². The Morgan fingerprint density at radius 1 is 1.33 bits per heavy atom. The molecule has 2 rings (SSSR count). The van der Waals surface area contributed by atoms with Crippen LogP contribution in [0.4, 0.5) is 4.39 Å². The molecule has 1 aromatic rings. The Labute approximate surface area is 143 Å². The largest absolute Gasteiger partial charge is 0.491 e. The molecule has 2 N–H and O–H groups in total. The maximum Gasteiger partial charge on any atom is 0.191 e. The van der Waals surface area contributed by atoms with Crippen LogP contribution in [-0.4, -0.2) is 39.4 Å². The summed E-state index contributed by atoms with van der Waals surface area (Å²) < 4.78 is 24.6. The third-order valence-electron chi connectivity index (χ3n) is 3.79. The Morgan fingerprint density at radius 3 is 2.83 bits per heavy atom.